The summed E-state index contributed by atoms with van der Waals surface area (Å²) in [6, 6.07) is 11.0. The Morgan fingerprint density at radius 2 is 1.93 bits per heavy atom. The number of carbonyl (C=O) groups is 2. The minimum absolute atomic E-state index is 0.141. The molecule has 0 atom stereocenters. The zero-order valence-electron chi connectivity index (χ0n) is 14.9. The van der Waals surface area contributed by atoms with E-state index in [1.165, 1.54) is 11.8 Å². The topological polar surface area (TPSA) is 70.8 Å². The summed E-state index contributed by atoms with van der Waals surface area (Å²) in [5.74, 6) is 0.325. The van der Waals surface area contributed by atoms with Gasteiger partial charge in [0.2, 0.25) is 0 Å². The van der Waals surface area contributed by atoms with Crippen molar-refractivity contribution in [3.63, 3.8) is 0 Å². The molecular formula is C20H18ClNO4S2. The van der Waals surface area contributed by atoms with Gasteiger partial charge in [-0.15, -0.1) is 0 Å². The fraction of sp³-hybridized carbons (Fsp3) is 0.250. The van der Waals surface area contributed by atoms with Crippen molar-refractivity contribution in [2.45, 2.75) is 25.7 Å². The second kappa shape index (κ2) is 9.41. The van der Waals surface area contributed by atoms with Gasteiger partial charge in [0.05, 0.1) is 4.91 Å². The summed E-state index contributed by atoms with van der Waals surface area (Å²) < 4.78 is 6.34. The molecule has 0 aliphatic carbocycles. The van der Waals surface area contributed by atoms with E-state index >= 15 is 0 Å². The molecule has 2 heterocycles. The molecule has 0 spiro atoms. The molecule has 1 saturated heterocycles. The van der Waals surface area contributed by atoms with Crippen molar-refractivity contribution in [3.8, 4) is 11.3 Å². The average Bonchev–Trinajstić information content (AvgIpc) is 3.22. The van der Waals surface area contributed by atoms with Gasteiger partial charge in [-0.25, -0.2) is 0 Å². The third-order valence-corrected chi connectivity index (χ3v) is 5.80. The summed E-state index contributed by atoms with van der Waals surface area (Å²) in [6.07, 6.45) is 3.90. The third kappa shape index (κ3) is 5.25. The number of aliphatic carboxylic acids is 1. The summed E-state index contributed by atoms with van der Waals surface area (Å²) in [4.78, 5) is 25.2. The van der Waals surface area contributed by atoms with Gasteiger partial charge in [0.1, 0.15) is 15.8 Å². The number of furan rings is 1. The van der Waals surface area contributed by atoms with Crippen molar-refractivity contribution in [2.75, 3.05) is 6.54 Å². The number of thioether (sulfide) groups is 1. The van der Waals surface area contributed by atoms with Gasteiger partial charge in [-0.1, -0.05) is 42.0 Å². The first-order chi connectivity index (χ1) is 13.4. The molecule has 146 valence electrons. The summed E-state index contributed by atoms with van der Waals surface area (Å²) >= 11 is 12.5. The minimum Gasteiger partial charge on any atom is -0.481 e. The highest BCUT2D eigenvalue weighted by molar-refractivity contribution is 8.26. The number of halogens is 1. The van der Waals surface area contributed by atoms with Crippen LogP contribution in [0, 0.1) is 0 Å². The number of rotatable bonds is 8. The van der Waals surface area contributed by atoms with Crippen LogP contribution in [-0.4, -0.2) is 32.7 Å². The van der Waals surface area contributed by atoms with Crippen LogP contribution in [0.5, 0.6) is 0 Å². The number of thiocarbonyl (C=S) groups is 1. The Balaban J connectivity index is 1.62. The van der Waals surface area contributed by atoms with E-state index in [2.05, 4.69) is 0 Å². The first-order valence-electron chi connectivity index (χ1n) is 8.77. The van der Waals surface area contributed by atoms with Crippen molar-refractivity contribution in [2.24, 2.45) is 0 Å². The zero-order chi connectivity index (χ0) is 20.1. The predicted molar refractivity (Wildman–Crippen MR) is 115 cm³/mol. The second-order valence-corrected chi connectivity index (χ2v) is 8.36. The van der Waals surface area contributed by atoms with E-state index < -0.39 is 5.97 Å². The highest BCUT2D eigenvalue weighted by Crippen LogP contribution is 2.34. The highest BCUT2D eigenvalue weighted by atomic mass is 35.5. The van der Waals surface area contributed by atoms with Crippen LogP contribution in [0.2, 0.25) is 5.02 Å². The fourth-order valence-electron chi connectivity index (χ4n) is 2.74. The van der Waals surface area contributed by atoms with E-state index in [0.29, 0.717) is 45.2 Å². The van der Waals surface area contributed by atoms with Gasteiger partial charge in [0, 0.05) is 29.6 Å². The van der Waals surface area contributed by atoms with E-state index in [0.717, 1.165) is 12.0 Å². The Morgan fingerprint density at radius 3 is 2.64 bits per heavy atom. The maximum Gasteiger partial charge on any atom is 0.303 e. The van der Waals surface area contributed by atoms with E-state index in [1.807, 2.05) is 24.3 Å². The smallest absolute Gasteiger partial charge is 0.303 e. The number of carbonyl (C=O) groups excluding carboxylic acids is 1. The molecule has 0 unspecified atom stereocenters. The van der Waals surface area contributed by atoms with Gasteiger partial charge < -0.3 is 9.52 Å². The average molecular weight is 436 g/mol. The lowest BCUT2D eigenvalue weighted by molar-refractivity contribution is -0.137. The molecule has 1 amide bonds. The quantitative estimate of drug-likeness (QED) is 0.338. The molecule has 0 saturated carbocycles. The first-order valence-corrected chi connectivity index (χ1v) is 10.4. The van der Waals surface area contributed by atoms with Crippen LogP contribution in [0.1, 0.15) is 31.4 Å². The van der Waals surface area contributed by atoms with Gasteiger partial charge in [-0.05, 0) is 49.2 Å². The molecule has 2 aromatic rings. The lowest BCUT2D eigenvalue weighted by atomic mass is 10.2. The van der Waals surface area contributed by atoms with Crippen molar-refractivity contribution in [1.82, 2.24) is 4.90 Å². The molecule has 1 aromatic carbocycles. The van der Waals surface area contributed by atoms with Crippen LogP contribution in [-0.2, 0) is 9.59 Å². The number of carboxylic acids is 1. The van der Waals surface area contributed by atoms with Crippen LogP contribution in [0.15, 0.2) is 45.7 Å². The van der Waals surface area contributed by atoms with Crippen LogP contribution >= 0.6 is 35.6 Å². The lowest BCUT2D eigenvalue weighted by Crippen LogP contribution is -2.29. The minimum atomic E-state index is -0.801. The van der Waals surface area contributed by atoms with Crippen molar-refractivity contribution < 1.29 is 19.1 Å². The van der Waals surface area contributed by atoms with Crippen LogP contribution in [0.25, 0.3) is 17.4 Å². The number of hydrogen-bond donors (Lipinski definition) is 1. The van der Waals surface area contributed by atoms with Crippen LogP contribution in [0.3, 0.4) is 0 Å². The monoisotopic (exact) mass is 435 g/mol. The summed E-state index contributed by atoms with van der Waals surface area (Å²) in [7, 11) is 0. The Hall–Kier alpha value is -2.09. The van der Waals surface area contributed by atoms with Crippen LogP contribution in [0.4, 0.5) is 0 Å². The van der Waals surface area contributed by atoms with E-state index in [-0.39, 0.29) is 12.3 Å². The standard InChI is InChI=1S/C20H18ClNO4S2/c21-14-7-5-13(6-8-14)16-10-9-15(26-16)12-17-19(25)22(20(27)28-17)11-3-1-2-4-18(23)24/h5-10,12H,1-4,11H2,(H,23,24)/b17-12+. The maximum atomic E-state index is 12.6. The number of unbranched alkanes of at least 4 members (excludes halogenated alkanes) is 2. The number of benzene rings is 1. The number of nitrogens with zero attached hydrogens (tertiary/aromatic N) is 1. The predicted octanol–water partition coefficient (Wildman–Crippen LogP) is 5.45. The Kier molecular flexibility index (Phi) is 6.93. The molecule has 1 aliphatic rings. The number of hydrogen-bond acceptors (Lipinski definition) is 5. The zero-order valence-corrected chi connectivity index (χ0v) is 17.3. The third-order valence-electron chi connectivity index (χ3n) is 4.17. The lowest BCUT2D eigenvalue weighted by Gasteiger charge is -2.13. The molecule has 5 nitrogen and oxygen atoms in total. The molecule has 28 heavy (non-hydrogen) atoms. The molecule has 3 rings (SSSR count). The molecule has 0 bridgehead atoms. The van der Waals surface area contributed by atoms with Crippen molar-refractivity contribution >= 4 is 57.9 Å². The largest absolute Gasteiger partial charge is 0.481 e. The number of carboxylic acid groups (broad SMARTS) is 1. The van der Waals surface area contributed by atoms with E-state index in [9.17, 15) is 9.59 Å². The molecule has 1 fully saturated rings. The van der Waals surface area contributed by atoms with Gasteiger partial charge in [-0.3, -0.25) is 14.5 Å². The van der Waals surface area contributed by atoms with Gasteiger partial charge in [0.15, 0.2) is 0 Å². The first kappa shape index (κ1) is 20.6. The normalized spacial score (nSPS) is 15.6. The Morgan fingerprint density at radius 1 is 1.18 bits per heavy atom. The van der Waals surface area contributed by atoms with Gasteiger partial charge in [0.25, 0.3) is 5.91 Å². The summed E-state index contributed by atoms with van der Waals surface area (Å²) in [6.45, 7) is 0.496. The number of amides is 1. The fourth-order valence-corrected chi connectivity index (χ4v) is 4.16. The van der Waals surface area contributed by atoms with Gasteiger partial charge >= 0.3 is 5.97 Å². The summed E-state index contributed by atoms with van der Waals surface area (Å²) in [5, 5.41) is 9.31. The molecule has 1 N–H and O–H groups in total. The van der Waals surface area contributed by atoms with E-state index in [4.69, 9.17) is 33.3 Å². The Labute approximate surface area is 177 Å². The van der Waals surface area contributed by atoms with Gasteiger partial charge in [-0.2, -0.15) is 0 Å². The van der Waals surface area contributed by atoms with Crippen molar-refractivity contribution in [1.29, 1.82) is 0 Å². The van der Waals surface area contributed by atoms with Crippen LogP contribution < -0.4 is 0 Å². The van der Waals surface area contributed by atoms with E-state index in [1.54, 1.807) is 23.1 Å². The second-order valence-electron chi connectivity index (χ2n) is 6.25. The Bertz CT molecular complexity index is 921. The maximum absolute atomic E-state index is 12.6. The molecular weight excluding hydrogens is 418 g/mol. The van der Waals surface area contributed by atoms with Crippen molar-refractivity contribution in [3.05, 3.63) is 52.1 Å². The molecule has 0 radical (unpaired) electrons. The molecule has 1 aliphatic heterocycles. The SMILES string of the molecule is O=C(O)CCCCCN1C(=O)/C(=C\c2ccc(-c3ccc(Cl)cc3)o2)SC1=S. The molecule has 1 aromatic heterocycles. The molecule has 8 heteroatoms. The summed E-state index contributed by atoms with van der Waals surface area (Å²) in [5.41, 5.74) is 0.901. The highest BCUT2D eigenvalue weighted by Gasteiger charge is 2.31.